The first kappa shape index (κ1) is 15.7. The van der Waals surface area contributed by atoms with Gasteiger partial charge in [0.1, 0.15) is 6.04 Å². The second-order valence-corrected chi connectivity index (χ2v) is 4.82. The van der Waals surface area contributed by atoms with Crippen LogP contribution >= 0.6 is 0 Å². The van der Waals surface area contributed by atoms with Crippen LogP contribution in [0.1, 0.15) is 43.9 Å². The van der Waals surface area contributed by atoms with E-state index in [-0.39, 0.29) is 6.04 Å². The Labute approximate surface area is 115 Å². The minimum atomic E-state index is -0.927. The lowest BCUT2D eigenvalue weighted by Gasteiger charge is -2.17. The molecule has 2 atom stereocenters. The standard InChI is InChI=1S/C15H24N2O2/c1-3-12-7-4-5-8-13(12)11(2)17-10-6-9-14(16)15(18)19/h4-5,7-8,11,14,17H,3,6,9-10,16H2,1-2H3,(H,18,19). The first-order chi connectivity index (χ1) is 9.06. The van der Waals surface area contributed by atoms with Crippen molar-refractivity contribution in [2.45, 2.75) is 45.2 Å². The number of carbonyl (C=O) groups is 1. The molecule has 4 N–H and O–H groups in total. The topological polar surface area (TPSA) is 75.3 Å². The summed E-state index contributed by atoms with van der Waals surface area (Å²) in [6.07, 6.45) is 2.29. The maximum atomic E-state index is 10.6. The van der Waals surface area contributed by atoms with Crippen molar-refractivity contribution in [3.63, 3.8) is 0 Å². The van der Waals surface area contributed by atoms with E-state index in [0.717, 1.165) is 19.4 Å². The number of carboxylic acids is 1. The van der Waals surface area contributed by atoms with Crippen molar-refractivity contribution in [2.24, 2.45) is 5.73 Å². The van der Waals surface area contributed by atoms with Gasteiger partial charge in [0.25, 0.3) is 0 Å². The summed E-state index contributed by atoms with van der Waals surface area (Å²) >= 11 is 0. The summed E-state index contributed by atoms with van der Waals surface area (Å²) in [5, 5.41) is 12.1. The molecule has 0 aliphatic heterocycles. The van der Waals surface area contributed by atoms with Gasteiger partial charge in [0, 0.05) is 6.04 Å². The largest absolute Gasteiger partial charge is 0.480 e. The molecule has 0 spiro atoms. The Hall–Kier alpha value is -1.39. The van der Waals surface area contributed by atoms with E-state index < -0.39 is 12.0 Å². The monoisotopic (exact) mass is 264 g/mol. The van der Waals surface area contributed by atoms with Gasteiger partial charge in [-0.1, -0.05) is 31.2 Å². The number of carboxylic acid groups (broad SMARTS) is 1. The van der Waals surface area contributed by atoms with Crippen LogP contribution < -0.4 is 11.1 Å². The Bertz CT molecular complexity index is 407. The molecule has 0 aromatic heterocycles. The zero-order valence-corrected chi connectivity index (χ0v) is 11.7. The highest BCUT2D eigenvalue weighted by Gasteiger charge is 2.11. The minimum absolute atomic E-state index is 0.275. The molecule has 0 radical (unpaired) electrons. The van der Waals surface area contributed by atoms with Crippen molar-refractivity contribution in [3.05, 3.63) is 35.4 Å². The van der Waals surface area contributed by atoms with Gasteiger partial charge in [0.2, 0.25) is 0 Å². The van der Waals surface area contributed by atoms with Crippen LogP contribution in [-0.2, 0) is 11.2 Å². The quantitative estimate of drug-likeness (QED) is 0.628. The second kappa shape index (κ2) is 7.92. The molecule has 0 saturated heterocycles. The lowest BCUT2D eigenvalue weighted by Crippen LogP contribution is -2.31. The number of nitrogens with one attached hydrogen (secondary N) is 1. The molecule has 0 bridgehead atoms. The second-order valence-electron chi connectivity index (χ2n) is 4.82. The molecule has 1 aromatic carbocycles. The summed E-state index contributed by atoms with van der Waals surface area (Å²) in [6, 6.07) is 7.92. The zero-order chi connectivity index (χ0) is 14.3. The third-order valence-electron chi connectivity index (χ3n) is 3.36. The lowest BCUT2D eigenvalue weighted by atomic mass is 9.99. The van der Waals surface area contributed by atoms with Gasteiger partial charge in [-0.15, -0.1) is 0 Å². The van der Waals surface area contributed by atoms with Crippen molar-refractivity contribution in [1.29, 1.82) is 0 Å². The number of hydrogen-bond acceptors (Lipinski definition) is 3. The Kier molecular flexibility index (Phi) is 6.53. The Morgan fingerprint density at radius 3 is 2.74 bits per heavy atom. The molecule has 2 unspecified atom stereocenters. The van der Waals surface area contributed by atoms with Gasteiger partial charge in [-0.05, 0) is 43.9 Å². The Balaban J connectivity index is 2.39. The number of nitrogens with two attached hydrogens (primary N) is 1. The highest BCUT2D eigenvalue weighted by molar-refractivity contribution is 5.72. The van der Waals surface area contributed by atoms with Crippen LogP contribution in [0.3, 0.4) is 0 Å². The molecule has 0 amide bonds. The molecule has 4 heteroatoms. The number of rotatable bonds is 8. The first-order valence-corrected chi connectivity index (χ1v) is 6.85. The highest BCUT2D eigenvalue weighted by atomic mass is 16.4. The normalized spacial score (nSPS) is 14.1. The smallest absolute Gasteiger partial charge is 0.320 e. The van der Waals surface area contributed by atoms with E-state index in [2.05, 4.69) is 37.4 Å². The number of hydrogen-bond donors (Lipinski definition) is 3. The zero-order valence-electron chi connectivity index (χ0n) is 11.7. The number of aryl methyl sites for hydroxylation is 1. The van der Waals surface area contributed by atoms with Crippen LogP contribution in [0, 0.1) is 0 Å². The van der Waals surface area contributed by atoms with Crippen molar-refractivity contribution in [2.75, 3.05) is 6.54 Å². The van der Waals surface area contributed by atoms with Crippen molar-refractivity contribution in [1.82, 2.24) is 5.32 Å². The summed E-state index contributed by atoms with van der Waals surface area (Å²) in [4.78, 5) is 10.6. The molecule has 19 heavy (non-hydrogen) atoms. The fourth-order valence-corrected chi connectivity index (χ4v) is 2.15. The van der Waals surface area contributed by atoms with Crippen LogP contribution in [0.15, 0.2) is 24.3 Å². The molecule has 0 saturated carbocycles. The first-order valence-electron chi connectivity index (χ1n) is 6.85. The molecular formula is C15H24N2O2. The number of benzene rings is 1. The van der Waals surface area contributed by atoms with Crippen molar-refractivity contribution in [3.8, 4) is 0 Å². The van der Waals surface area contributed by atoms with Gasteiger partial charge in [0.05, 0.1) is 0 Å². The summed E-state index contributed by atoms with van der Waals surface area (Å²) < 4.78 is 0. The molecule has 0 fully saturated rings. The summed E-state index contributed by atoms with van der Waals surface area (Å²) in [6.45, 7) is 5.06. The average molecular weight is 264 g/mol. The molecule has 0 aliphatic rings. The third kappa shape index (κ3) is 5.01. The van der Waals surface area contributed by atoms with Gasteiger partial charge in [-0.3, -0.25) is 4.79 Å². The van der Waals surface area contributed by atoms with E-state index in [0.29, 0.717) is 6.42 Å². The summed E-state index contributed by atoms with van der Waals surface area (Å²) in [5.74, 6) is -0.927. The molecule has 4 nitrogen and oxygen atoms in total. The Morgan fingerprint density at radius 2 is 2.11 bits per heavy atom. The van der Waals surface area contributed by atoms with Gasteiger partial charge >= 0.3 is 5.97 Å². The summed E-state index contributed by atoms with van der Waals surface area (Å²) in [5.41, 5.74) is 8.13. The van der Waals surface area contributed by atoms with Gasteiger partial charge in [-0.25, -0.2) is 0 Å². The van der Waals surface area contributed by atoms with Crippen LogP contribution in [0.25, 0.3) is 0 Å². The molecule has 1 rings (SSSR count). The predicted molar refractivity (Wildman–Crippen MR) is 77.1 cm³/mol. The van der Waals surface area contributed by atoms with E-state index in [1.165, 1.54) is 11.1 Å². The molecule has 1 aromatic rings. The van der Waals surface area contributed by atoms with E-state index in [4.69, 9.17) is 10.8 Å². The van der Waals surface area contributed by atoms with E-state index in [1.807, 2.05) is 6.07 Å². The average Bonchev–Trinajstić information content (AvgIpc) is 2.42. The molecule has 0 heterocycles. The maximum absolute atomic E-state index is 10.6. The van der Waals surface area contributed by atoms with Crippen LogP contribution in [-0.4, -0.2) is 23.7 Å². The van der Waals surface area contributed by atoms with E-state index in [1.54, 1.807) is 0 Å². The minimum Gasteiger partial charge on any atom is -0.480 e. The summed E-state index contributed by atoms with van der Waals surface area (Å²) in [7, 11) is 0. The fraction of sp³-hybridized carbons (Fsp3) is 0.533. The number of aliphatic carboxylic acids is 1. The predicted octanol–water partition coefficient (Wildman–Crippen LogP) is 2.09. The fourth-order valence-electron chi connectivity index (χ4n) is 2.15. The van der Waals surface area contributed by atoms with Crippen LogP contribution in [0.2, 0.25) is 0 Å². The SMILES string of the molecule is CCc1ccccc1C(C)NCCCC(N)C(=O)O. The highest BCUT2D eigenvalue weighted by Crippen LogP contribution is 2.18. The van der Waals surface area contributed by atoms with Gasteiger partial charge in [-0.2, -0.15) is 0 Å². The van der Waals surface area contributed by atoms with E-state index >= 15 is 0 Å². The van der Waals surface area contributed by atoms with Gasteiger partial charge < -0.3 is 16.2 Å². The van der Waals surface area contributed by atoms with Crippen LogP contribution in [0.4, 0.5) is 0 Å². The van der Waals surface area contributed by atoms with Crippen molar-refractivity contribution >= 4 is 5.97 Å². The lowest BCUT2D eigenvalue weighted by molar-refractivity contribution is -0.138. The van der Waals surface area contributed by atoms with Gasteiger partial charge in [0.15, 0.2) is 0 Å². The van der Waals surface area contributed by atoms with E-state index in [9.17, 15) is 4.79 Å². The molecular weight excluding hydrogens is 240 g/mol. The Morgan fingerprint density at radius 1 is 1.42 bits per heavy atom. The maximum Gasteiger partial charge on any atom is 0.320 e. The molecule has 0 aliphatic carbocycles. The third-order valence-corrected chi connectivity index (χ3v) is 3.36. The van der Waals surface area contributed by atoms with Crippen LogP contribution in [0.5, 0.6) is 0 Å². The molecule has 106 valence electrons. The van der Waals surface area contributed by atoms with Crippen molar-refractivity contribution < 1.29 is 9.90 Å².